The summed E-state index contributed by atoms with van der Waals surface area (Å²) < 4.78 is 9.04. The zero-order chi connectivity index (χ0) is 17.8. The molecule has 8 nitrogen and oxygen atoms in total. The van der Waals surface area contributed by atoms with Crippen LogP contribution >= 0.6 is 0 Å². The molecule has 0 unspecified atom stereocenters. The molecule has 0 aliphatic carbocycles. The zero-order valence-electron chi connectivity index (χ0n) is 13.5. The molecule has 0 atom stereocenters. The van der Waals surface area contributed by atoms with Crippen LogP contribution in [0.15, 0.2) is 24.3 Å². The van der Waals surface area contributed by atoms with Crippen LogP contribution in [0.4, 0.5) is 4.79 Å². The maximum Gasteiger partial charge on any atom is 1.00 e. The van der Waals surface area contributed by atoms with Gasteiger partial charge in [-0.25, -0.2) is 4.79 Å². The van der Waals surface area contributed by atoms with Crippen LogP contribution in [0.5, 0.6) is 5.75 Å². The van der Waals surface area contributed by atoms with Gasteiger partial charge in [0.15, 0.2) is 5.30 Å². The standard InChI is InChI=1S/C8H6O4S.C6H11NO3.Cs/c9-7(10)5-3-1-2-4-6(5)12-8(11)13;1-3-10-6(9)4-7-5(2)8;/h1-4H,(H,9,10)(H,11,13);3-4H2,1-2H3,(H,7,8);/q;;+1/p-1. The Hall–Kier alpha value is -0.628. The minimum Gasteiger partial charge on any atom is -0.697 e. The molecule has 1 aromatic carbocycles. The van der Waals surface area contributed by atoms with Crippen LogP contribution < -0.4 is 78.9 Å². The molecule has 0 spiro atoms. The van der Waals surface area contributed by atoms with Crippen LogP contribution in [0, 0.1) is 0 Å². The molecule has 0 saturated heterocycles. The number of nitrogens with one attached hydrogen (secondary N) is 1. The second-order valence-corrected chi connectivity index (χ2v) is 4.20. The maximum atomic E-state index is 10.6. The van der Waals surface area contributed by atoms with Gasteiger partial charge < -0.3 is 32.5 Å². The third-order valence-electron chi connectivity index (χ3n) is 2.10. The number of carboxylic acids is 1. The first-order valence-corrected chi connectivity index (χ1v) is 6.80. The van der Waals surface area contributed by atoms with Gasteiger partial charge in [-0.05, 0) is 19.1 Å². The Labute approximate surface area is 203 Å². The molecule has 10 heteroatoms. The average Bonchev–Trinajstić information content (AvgIpc) is 2.46. The summed E-state index contributed by atoms with van der Waals surface area (Å²) in [4.78, 5) is 41.7. The number of benzene rings is 1. The van der Waals surface area contributed by atoms with E-state index in [2.05, 4.69) is 27.4 Å². The van der Waals surface area contributed by atoms with Crippen molar-refractivity contribution in [3.8, 4) is 5.75 Å². The summed E-state index contributed by atoms with van der Waals surface area (Å²) >= 11 is 4.15. The van der Waals surface area contributed by atoms with E-state index in [1.165, 1.54) is 25.1 Å². The molecular formula is C14H16CsNO7S. The number of rotatable bonds is 5. The van der Waals surface area contributed by atoms with Crippen LogP contribution in [0.2, 0.25) is 0 Å². The van der Waals surface area contributed by atoms with Crippen LogP contribution in [0.3, 0.4) is 0 Å². The van der Waals surface area contributed by atoms with Crippen LogP contribution in [-0.2, 0) is 27.0 Å². The molecule has 126 valence electrons. The van der Waals surface area contributed by atoms with Gasteiger partial charge in [-0.3, -0.25) is 14.4 Å². The third-order valence-corrected chi connectivity index (χ3v) is 2.18. The first-order chi connectivity index (χ1) is 10.8. The van der Waals surface area contributed by atoms with E-state index in [-0.39, 0.29) is 92.7 Å². The molecule has 1 amide bonds. The Morgan fingerprint density at radius 1 is 1.21 bits per heavy atom. The van der Waals surface area contributed by atoms with Crippen LogP contribution in [0.1, 0.15) is 24.2 Å². The van der Waals surface area contributed by atoms with Crippen molar-refractivity contribution in [3.63, 3.8) is 0 Å². The molecule has 0 heterocycles. The van der Waals surface area contributed by atoms with Crippen molar-refractivity contribution in [2.75, 3.05) is 13.2 Å². The molecule has 0 radical (unpaired) electrons. The van der Waals surface area contributed by atoms with E-state index in [1.807, 2.05) is 0 Å². The molecule has 0 saturated carbocycles. The summed E-state index contributed by atoms with van der Waals surface area (Å²) in [6.45, 7) is 3.37. The monoisotopic (exact) mass is 475 g/mol. The SMILES string of the molecule is CCOC(=O)CNC(C)=O.O=C([S-])Oc1ccccc1C(=O)O.[Cs+]. The fraction of sp³-hybridized carbons (Fsp3) is 0.286. The molecule has 1 rings (SSSR count). The van der Waals surface area contributed by atoms with Crippen molar-refractivity contribution in [1.29, 1.82) is 0 Å². The number of carboxylic acid groups (broad SMARTS) is 1. The number of hydrogen-bond donors (Lipinski definition) is 2. The number of esters is 1. The van der Waals surface area contributed by atoms with Gasteiger partial charge in [-0.1, -0.05) is 12.1 Å². The summed E-state index contributed by atoms with van der Waals surface area (Å²) in [6, 6.07) is 5.79. The summed E-state index contributed by atoms with van der Waals surface area (Å²) in [7, 11) is 0. The summed E-state index contributed by atoms with van der Waals surface area (Å²) in [5.41, 5.74) is -0.0827. The van der Waals surface area contributed by atoms with Gasteiger partial charge in [0.1, 0.15) is 17.9 Å². The third kappa shape index (κ3) is 12.8. The predicted octanol–water partition coefficient (Wildman–Crippen LogP) is -1.88. The molecule has 0 fully saturated rings. The Morgan fingerprint density at radius 2 is 1.79 bits per heavy atom. The summed E-state index contributed by atoms with van der Waals surface area (Å²) in [6.07, 6.45) is 0. The minimum absolute atomic E-state index is 0. The summed E-state index contributed by atoms with van der Waals surface area (Å²) in [5.74, 6) is -1.83. The topological polar surface area (TPSA) is 119 Å². The molecule has 0 aromatic heterocycles. The molecular weight excluding hydrogens is 459 g/mol. The van der Waals surface area contributed by atoms with Gasteiger partial charge >= 0.3 is 80.8 Å². The van der Waals surface area contributed by atoms with Crippen molar-refractivity contribution in [2.45, 2.75) is 13.8 Å². The fourth-order valence-corrected chi connectivity index (χ4v) is 1.32. The molecule has 0 bridgehead atoms. The summed E-state index contributed by atoms with van der Waals surface area (Å²) in [5, 5.41) is 10.0. The van der Waals surface area contributed by atoms with Gasteiger partial charge in [0.05, 0.1) is 6.61 Å². The van der Waals surface area contributed by atoms with Gasteiger partial charge in [-0.15, -0.1) is 0 Å². The van der Waals surface area contributed by atoms with Crippen molar-refractivity contribution < 1.29 is 103 Å². The smallest absolute Gasteiger partial charge is 0.697 e. The van der Waals surface area contributed by atoms with Crippen molar-refractivity contribution >= 4 is 35.8 Å². The number of para-hydroxylation sites is 1. The molecule has 2 N–H and O–H groups in total. The first-order valence-electron chi connectivity index (χ1n) is 6.39. The predicted molar refractivity (Wildman–Crippen MR) is 82.1 cm³/mol. The van der Waals surface area contributed by atoms with Crippen molar-refractivity contribution in [3.05, 3.63) is 29.8 Å². The largest absolute Gasteiger partial charge is 1.00 e. The Bertz CT molecular complexity index is 580. The van der Waals surface area contributed by atoms with E-state index in [0.717, 1.165) is 0 Å². The molecule has 24 heavy (non-hydrogen) atoms. The van der Waals surface area contributed by atoms with Crippen LogP contribution in [0.25, 0.3) is 0 Å². The van der Waals surface area contributed by atoms with Crippen LogP contribution in [-0.4, -0.2) is 41.4 Å². The van der Waals surface area contributed by atoms with E-state index >= 15 is 0 Å². The van der Waals surface area contributed by atoms with Gasteiger partial charge in [0.25, 0.3) is 0 Å². The minimum atomic E-state index is -1.16. The number of ether oxygens (including phenoxy) is 2. The second kappa shape index (κ2) is 14.7. The second-order valence-electron chi connectivity index (χ2n) is 3.87. The Balaban J connectivity index is 0. The number of aromatic carboxylic acids is 1. The van der Waals surface area contributed by atoms with E-state index in [0.29, 0.717) is 6.61 Å². The van der Waals surface area contributed by atoms with Crippen molar-refractivity contribution in [2.24, 2.45) is 0 Å². The Morgan fingerprint density at radius 3 is 2.25 bits per heavy atom. The van der Waals surface area contributed by atoms with E-state index in [1.54, 1.807) is 13.0 Å². The quantitative estimate of drug-likeness (QED) is 0.376. The van der Waals surface area contributed by atoms with E-state index in [9.17, 15) is 19.2 Å². The Kier molecular flexibility index (Phi) is 15.7. The number of carbonyl (C=O) groups excluding carboxylic acids is 3. The zero-order valence-corrected chi connectivity index (χ0v) is 20.6. The average molecular weight is 475 g/mol. The first kappa shape index (κ1) is 25.6. The number of carbonyl (C=O) groups is 4. The molecule has 0 aliphatic rings. The maximum absolute atomic E-state index is 10.6. The number of amides is 1. The number of hydrogen-bond acceptors (Lipinski definition) is 7. The normalized spacial score (nSPS) is 8.58. The molecule has 0 aliphatic heterocycles. The van der Waals surface area contributed by atoms with Gasteiger partial charge in [0, 0.05) is 6.92 Å². The van der Waals surface area contributed by atoms with Crippen molar-refractivity contribution in [1.82, 2.24) is 5.32 Å². The van der Waals surface area contributed by atoms with E-state index < -0.39 is 17.2 Å². The van der Waals surface area contributed by atoms with Gasteiger partial charge in [0.2, 0.25) is 5.91 Å². The van der Waals surface area contributed by atoms with E-state index in [4.69, 9.17) is 5.11 Å². The fourth-order valence-electron chi connectivity index (χ4n) is 1.23. The van der Waals surface area contributed by atoms with Gasteiger partial charge in [-0.2, -0.15) is 0 Å². The molecule has 1 aromatic rings.